The average molecular weight is 305 g/mol. The van der Waals surface area contributed by atoms with Crippen LogP contribution in [0.25, 0.3) is 0 Å². The molecular weight excluding hydrogens is 282 g/mol. The molecular formula is C16H23N3OS. The van der Waals surface area contributed by atoms with Crippen LogP contribution in [0.15, 0.2) is 24.3 Å². The summed E-state index contributed by atoms with van der Waals surface area (Å²) in [6, 6.07) is 8.16. The molecule has 0 atom stereocenters. The van der Waals surface area contributed by atoms with Crippen molar-refractivity contribution in [2.75, 3.05) is 11.9 Å². The SMILES string of the molecule is CCCOc1cccc(CNc2nnc(CC(C)C)s2)c1. The van der Waals surface area contributed by atoms with Crippen molar-refractivity contribution in [3.8, 4) is 5.75 Å². The molecule has 0 fully saturated rings. The zero-order valence-electron chi connectivity index (χ0n) is 12.9. The first-order valence-electron chi connectivity index (χ1n) is 7.45. The van der Waals surface area contributed by atoms with Crippen molar-refractivity contribution in [1.29, 1.82) is 0 Å². The Morgan fingerprint density at radius 1 is 1.29 bits per heavy atom. The Morgan fingerprint density at radius 3 is 2.90 bits per heavy atom. The first kappa shape index (κ1) is 15.8. The fourth-order valence-electron chi connectivity index (χ4n) is 1.90. The van der Waals surface area contributed by atoms with E-state index in [9.17, 15) is 0 Å². The van der Waals surface area contributed by atoms with Crippen molar-refractivity contribution >= 4 is 16.5 Å². The third-order valence-electron chi connectivity index (χ3n) is 2.86. The van der Waals surface area contributed by atoms with Crippen molar-refractivity contribution in [2.24, 2.45) is 5.92 Å². The second-order valence-corrected chi connectivity index (χ2v) is 6.51. The molecule has 1 aromatic carbocycles. The average Bonchev–Trinajstić information content (AvgIpc) is 2.90. The zero-order valence-corrected chi connectivity index (χ0v) is 13.7. The molecule has 5 heteroatoms. The standard InChI is InChI=1S/C16H23N3OS/c1-4-8-20-14-7-5-6-13(10-14)11-17-16-19-18-15(21-16)9-12(2)3/h5-7,10,12H,4,8-9,11H2,1-3H3,(H,17,19). The molecule has 0 amide bonds. The summed E-state index contributed by atoms with van der Waals surface area (Å²) in [5.41, 5.74) is 1.18. The van der Waals surface area contributed by atoms with Gasteiger partial charge in [0.2, 0.25) is 5.13 Å². The number of hydrogen-bond acceptors (Lipinski definition) is 5. The van der Waals surface area contributed by atoms with E-state index in [4.69, 9.17) is 4.74 Å². The molecule has 21 heavy (non-hydrogen) atoms. The van der Waals surface area contributed by atoms with Gasteiger partial charge in [-0.2, -0.15) is 0 Å². The van der Waals surface area contributed by atoms with E-state index in [-0.39, 0.29) is 0 Å². The van der Waals surface area contributed by atoms with E-state index in [2.05, 4.69) is 48.4 Å². The Kier molecular flexibility index (Phi) is 5.99. The third kappa shape index (κ3) is 5.34. The lowest BCUT2D eigenvalue weighted by Gasteiger charge is -2.07. The monoisotopic (exact) mass is 305 g/mol. The lowest BCUT2D eigenvalue weighted by molar-refractivity contribution is 0.317. The minimum atomic E-state index is 0.609. The van der Waals surface area contributed by atoms with Crippen molar-refractivity contribution in [1.82, 2.24) is 10.2 Å². The van der Waals surface area contributed by atoms with Crippen molar-refractivity contribution in [3.05, 3.63) is 34.8 Å². The van der Waals surface area contributed by atoms with Crippen LogP contribution < -0.4 is 10.1 Å². The molecule has 0 saturated carbocycles. The molecule has 2 aromatic rings. The highest BCUT2D eigenvalue weighted by molar-refractivity contribution is 7.15. The highest BCUT2D eigenvalue weighted by Gasteiger charge is 2.06. The second-order valence-electron chi connectivity index (χ2n) is 5.45. The number of ether oxygens (including phenoxy) is 1. The number of benzene rings is 1. The van der Waals surface area contributed by atoms with Gasteiger partial charge in [-0.15, -0.1) is 10.2 Å². The Bertz CT molecular complexity index is 554. The molecule has 0 aliphatic heterocycles. The molecule has 1 heterocycles. The van der Waals surface area contributed by atoms with Crippen LogP contribution in [-0.2, 0) is 13.0 Å². The maximum atomic E-state index is 5.64. The van der Waals surface area contributed by atoms with Crippen LogP contribution in [0.2, 0.25) is 0 Å². The smallest absolute Gasteiger partial charge is 0.205 e. The minimum Gasteiger partial charge on any atom is -0.494 e. The van der Waals surface area contributed by atoms with Crippen molar-refractivity contribution in [3.63, 3.8) is 0 Å². The first-order chi connectivity index (χ1) is 10.2. The molecule has 1 N–H and O–H groups in total. The summed E-state index contributed by atoms with van der Waals surface area (Å²) in [4.78, 5) is 0. The molecule has 0 bridgehead atoms. The Balaban J connectivity index is 1.88. The molecule has 0 aliphatic rings. The molecule has 0 unspecified atom stereocenters. The third-order valence-corrected chi connectivity index (χ3v) is 3.77. The summed E-state index contributed by atoms with van der Waals surface area (Å²) >= 11 is 1.63. The largest absolute Gasteiger partial charge is 0.494 e. The Labute approximate surface area is 130 Å². The molecule has 0 radical (unpaired) electrons. The molecule has 0 saturated heterocycles. The van der Waals surface area contributed by atoms with E-state index in [1.165, 1.54) is 5.56 Å². The van der Waals surface area contributed by atoms with Crippen LogP contribution in [0.4, 0.5) is 5.13 Å². The van der Waals surface area contributed by atoms with E-state index in [0.29, 0.717) is 5.92 Å². The first-order valence-corrected chi connectivity index (χ1v) is 8.27. The zero-order chi connectivity index (χ0) is 15.1. The van der Waals surface area contributed by atoms with Gasteiger partial charge in [0.1, 0.15) is 10.8 Å². The Morgan fingerprint density at radius 2 is 2.14 bits per heavy atom. The minimum absolute atomic E-state index is 0.609. The maximum Gasteiger partial charge on any atom is 0.205 e. The van der Waals surface area contributed by atoms with E-state index in [0.717, 1.165) is 41.9 Å². The summed E-state index contributed by atoms with van der Waals surface area (Å²) < 4.78 is 5.64. The van der Waals surface area contributed by atoms with Gasteiger partial charge in [0, 0.05) is 13.0 Å². The van der Waals surface area contributed by atoms with Crippen LogP contribution >= 0.6 is 11.3 Å². The topological polar surface area (TPSA) is 47.0 Å². The summed E-state index contributed by atoms with van der Waals surface area (Å²) in [6.07, 6.45) is 2.01. The number of anilines is 1. The maximum absolute atomic E-state index is 5.64. The number of aromatic nitrogens is 2. The number of nitrogens with zero attached hydrogens (tertiary/aromatic N) is 2. The molecule has 2 rings (SSSR count). The fourth-order valence-corrected chi connectivity index (χ4v) is 2.85. The second kappa shape index (κ2) is 7.98. The van der Waals surface area contributed by atoms with E-state index < -0.39 is 0 Å². The summed E-state index contributed by atoms with van der Waals surface area (Å²) in [5.74, 6) is 1.53. The predicted octanol–water partition coefficient (Wildman–Crippen LogP) is 4.14. The molecule has 1 aromatic heterocycles. The normalized spacial score (nSPS) is 10.9. The lowest BCUT2D eigenvalue weighted by atomic mass is 10.1. The van der Waals surface area contributed by atoms with Crippen LogP contribution in [-0.4, -0.2) is 16.8 Å². The summed E-state index contributed by atoms with van der Waals surface area (Å²) in [5, 5.41) is 13.7. The van der Waals surface area contributed by atoms with Crippen LogP contribution in [0.5, 0.6) is 5.75 Å². The fraction of sp³-hybridized carbons (Fsp3) is 0.500. The van der Waals surface area contributed by atoms with Gasteiger partial charge in [0.05, 0.1) is 6.61 Å². The number of rotatable bonds is 8. The van der Waals surface area contributed by atoms with Gasteiger partial charge < -0.3 is 10.1 Å². The van der Waals surface area contributed by atoms with Crippen LogP contribution in [0, 0.1) is 5.92 Å². The lowest BCUT2D eigenvalue weighted by Crippen LogP contribution is -2.00. The Hall–Kier alpha value is -1.62. The summed E-state index contributed by atoms with van der Waals surface area (Å²) in [7, 11) is 0. The van der Waals surface area contributed by atoms with Gasteiger partial charge >= 0.3 is 0 Å². The van der Waals surface area contributed by atoms with Crippen molar-refractivity contribution < 1.29 is 4.74 Å². The quantitative estimate of drug-likeness (QED) is 0.796. The van der Waals surface area contributed by atoms with E-state index in [1.807, 2.05) is 12.1 Å². The molecule has 114 valence electrons. The van der Waals surface area contributed by atoms with Gasteiger partial charge in [-0.1, -0.05) is 44.2 Å². The number of nitrogens with one attached hydrogen (secondary N) is 1. The van der Waals surface area contributed by atoms with Crippen LogP contribution in [0.1, 0.15) is 37.8 Å². The van der Waals surface area contributed by atoms with Gasteiger partial charge in [-0.3, -0.25) is 0 Å². The molecule has 0 spiro atoms. The highest BCUT2D eigenvalue weighted by atomic mass is 32.1. The van der Waals surface area contributed by atoms with Gasteiger partial charge in [-0.25, -0.2) is 0 Å². The van der Waals surface area contributed by atoms with E-state index in [1.54, 1.807) is 11.3 Å². The summed E-state index contributed by atoms with van der Waals surface area (Å²) in [6.45, 7) is 7.98. The van der Waals surface area contributed by atoms with Gasteiger partial charge in [0.25, 0.3) is 0 Å². The molecule has 4 nitrogen and oxygen atoms in total. The molecule has 0 aliphatic carbocycles. The number of hydrogen-bond donors (Lipinski definition) is 1. The van der Waals surface area contributed by atoms with Crippen LogP contribution in [0.3, 0.4) is 0 Å². The van der Waals surface area contributed by atoms with E-state index >= 15 is 0 Å². The predicted molar refractivity (Wildman–Crippen MR) is 88.0 cm³/mol. The van der Waals surface area contributed by atoms with Crippen molar-refractivity contribution in [2.45, 2.75) is 40.2 Å². The van der Waals surface area contributed by atoms with Gasteiger partial charge in [0.15, 0.2) is 0 Å². The van der Waals surface area contributed by atoms with Gasteiger partial charge in [-0.05, 0) is 30.0 Å². The highest BCUT2D eigenvalue weighted by Crippen LogP contribution is 2.20.